The molecule has 2 aromatic heterocycles. The van der Waals surface area contributed by atoms with Gasteiger partial charge in [0.25, 0.3) is 5.91 Å². The first-order chi connectivity index (χ1) is 16.2. The maximum absolute atomic E-state index is 12.8. The SMILES string of the molecule is O=C(NCCC1CCN(c2ccncc2)CC1)c1cccc(-c2nc3c(Cl)cccc3[nH]2)c1. The molecule has 2 N–H and O–H groups in total. The number of rotatable bonds is 6. The van der Waals surface area contributed by atoms with E-state index in [2.05, 4.69) is 37.3 Å². The van der Waals surface area contributed by atoms with Gasteiger partial charge < -0.3 is 15.2 Å². The van der Waals surface area contributed by atoms with Crippen molar-refractivity contribution < 1.29 is 4.79 Å². The summed E-state index contributed by atoms with van der Waals surface area (Å²) in [6, 6.07) is 17.3. The summed E-state index contributed by atoms with van der Waals surface area (Å²) in [5.74, 6) is 1.28. The Kier molecular flexibility index (Phi) is 6.26. The molecule has 2 aromatic carbocycles. The smallest absolute Gasteiger partial charge is 0.251 e. The Hall–Kier alpha value is -3.38. The summed E-state index contributed by atoms with van der Waals surface area (Å²) in [5.41, 5.74) is 4.34. The van der Waals surface area contributed by atoms with E-state index in [0.29, 0.717) is 28.9 Å². The predicted octanol–water partition coefficient (Wildman–Crippen LogP) is 5.31. The van der Waals surface area contributed by atoms with Gasteiger partial charge >= 0.3 is 0 Å². The molecule has 0 spiro atoms. The number of hydrogen-bond donors (Lipinski definition) is 2. The summed E-state index contributed by atoms with van der Waals surface area (Å²) >= 11 is 6.25. The van der Waals surface area contributed by atoms with Crippen LogP contribution in [-0.4, -0.2) is 40.5 Å². The van der Waals surface area contributed by atoms with Crippen molar-refractivity contribution in [3.05, 3.63) is 77.6 Å². The number of halogens is 1. The fraction of sp³-hybridized carbons (Fsp3) is 0.269. The van der Waals surface area contributed by atoms with Crippen molar-refractivity contribution >= 4 is 34.2 Å². The third-order valence-electron chi connectivity index (χ3n) is 6.34. The van der Waals surface area contributed by atoms with E-state index >= 15 is 0 Å². The Morgan fingerprint density at radius 2 is 1.88 bits per heavy atom. The summed E-state index contributed by atoms with van der Waals surface area (Å²) in [6.45, 7) is 2.78. The van der Waals surface area contributed by atoms with Gasteiger partial charge in [0.1, 0.15) is 11.3 Å². The van der Waals surface area contributed by atoms with E-state index < -0.39 is 0 Å². The Balaban J connectivity index is 1.15. The standard InChI is InChI=1S/C26H26ClN5O/c27-22-5-2-6-23-24(22)31-25(30-23)19-3-1-4-20(17-19)26(33)29-14-7-18-10-15-32(16-11-18)21-8-12-28-13-9-21/h1-6,8-9,12-13,17-18H,7,10-11,14-16H2,(H,29,33)(H,30,31). The average molecular weight is 460 g/mol. The molecule has 6 nitrogen and oxygen atoms in total. The lowest BCUT2D eigenvalue weighted by molar-refractivity contribution is 0.0950. The van der Waals surface area contributed by atoms with Crippen LogP contribution in [-0.2, 0) is 0 Å². The number of fused-ring (bicyclic) bond motifs is 1. The van der Waals surface area contributed by atoms with E-state index in [-0.39, 0.29) is 5.91 Å². The zero-order valence-corrected chi connectivity index (χ0v) is 19.1. The number of amides is 1. The second-order valence-corrected chi connectivity index (χ2v) is 8.89. The van der Waals surface area contributed by atoms with Crippen molar-refractivity contribution in [2.75, 3.05) is 24.5 Å². The fourth-order valence-electron chi connectivity index (χ4n) is 4.47. The topological polar surface area (TPSA) is 73.9 Å². The second kappa shape index (κ2) is 9.63. The molecule has 4 aromatic rings. The third kappa shape index (κ3) is 4.86. The normalized spacial score (nSPS) is 14.5. The Labute approximate surface area is 198 Å². The van der Waals surface area contributed by atoms with Crippen LogP contribution < -0.4 is 10.2 Å². The highest BCUT2D eigenvalue weighted by Crippen LogP contribution is 2.26. The van der Waals surface area contributed by atoms with Gasteiger partial charge in [-0.2, -0.15) is 0 Å². The predicted molar refractivity (Wildman–Crippen MR) is 133 cm³/mol. The zero-order valence-electron chi connectivity index (χ0n) is 18.3. The van der Waals surface area contributed by atoms with Crippen LogP contribution in [0.5, 0.6) is 0 Å². The van der Waals surface area contributed by atoms with Crippen molar-refractivity contribution in [2.24, 2.45) is 5.92 Å². The van der Waals surface area contributed by atoms with E-state index in [1.165, 1.54) is 5.69 Å². The van der Waals surface area contributed by atoms with Gasteiger partial charge in [0.05, 0.1) is 10.5 Å². The van der Waals surface area contributed by atoms with Crippen molar-refractivity contribution in [1.29, 1.82) is 0 Å². The Bertz CT molecular complexity index is 1250. The number of pyridine rings is 1. The van der Waals surface area contributed by atoms with E-state index in [9.17, 15) is 4.79 Å². The van der Waals surface area contributed by atoms with Crippen molar-refractivity contribution in [3.63, 3.8) is 0 Å². The highest BCUT2D eigenvalue weighted by atomic mass is 35.5. The monoisotopic (exact) mass is 459 g/mol. The van der Waals surface area contributed by atoms with Crippen LogP contribution in [0.2, 0.25) is 5.02 Å². The van der Waals surface area contributed by atoms with Crippen LogP contribution in [0.3, 0.4) is 0 Å². The number of benzene rings is 2. The van der Waals surface area contributed by atoms with Gasteiger partial charge in [-0.05, 0) is 61.6 Å². The number of aromatic amines is 1. The van der Waals surface area contributed by atoms with E-state index in [1.807, 2.05) is 54.9 Å². The van der Waals surface area contributed by atoms with Gasteiger partial charge in [-0.3, -0.25) is 9.78 Å². The molecule has 1 aliphatic heterocycles. The van der Waals surface area contributed by atoms with Crippen molar-refractivity contribution in [1.82, 2.24) is 20.3 Å². The Morgan fingerprint density at radius 3 is 2.67 bits per heavy atom. The quantitative estimate of drug-likeness (QED) is 0.409. The van der Waals surface area contributed by atoms with Crippen LogP contribution >= 0.6 is 11.6 Å². The molecule has 1 aliphatic rings. The maximum atomic E-state index is 12.8. The summed E-state index contributed by atoms with van der Waals surface area (Å²) in [5, 5.41) is 3.70. The van der Waals surface area contributed by atoms with Crippen molar-refractivity contribution in [3.8, 4) is 11.4 Å². The summed E-state index contributed by atoms with van der Waals surface area (Å²) in [6.07, 6.45) is 6.97. The molecular weight excluding hydrogens is 434 g/mol. The van der Waals surface area contributed by atoms with Gasteiger partial charge in [0, 0.05) is 48.8 Å². The van der Waals surface area contributed by atoms with Crippen LogP contribution in [0, 0.1) is 5.92 Å². The van der Waals surface area contributed by atoms with Crippen LogP contribution in [0.4, 0.5) is 5.69 Å². The zero-order chi connectivity index (χ0) is 22.6. The number of nitrogens with one attached hydrogen (secondary N) is 2. The van der Waals surface area contributed by atoms with E-state index in [4.69, 9.17) is 11.6 Å². The number of aromatic nitrogens is 3. The first-order valence-corrected chi connectivity index (χ1v) is 11.7. The molecule has 1 saturated heterocycles. The molecule has 168 valence electrons. The van der Waals surface area contributed by atoms with Gasteiger partial charge in [-0.25, -0.2) is 4.98 Å². The van der Waals surface area contributed by atoms with Crippen molar-refractivity contribution in [2.45, 2.75) is 19.3 Å². The lowest BCUT2D eigenvalue weighted by Gasteiger charge is -2.33. The molecule has 7 heteroatoms. The number of para-hydroxylation sites is 1. The number of imidazole rings is 1. The van der Waals surface area contributed by atoms with Crippen LogP contribution in [0.1, 0.15) is 29.6 Å². The van der Waals surface area contributed by atoms with Crippen LogP contribution in [0.25, 0.3) is 22.4 Å². The minimum absolute atomic E-state index is 0.0554. The molecule has 3 heterocycles. The molecular formula is C26H26ClN5O. The second-order valence-electron chi connectivity index (χ2n) is 8.48. The molecule has 0 bridgehead atoms. The average Bonchev–Trinajstić information content (AvgIpc) is 3.31. The number of carbonyl (C=O) groups is 1. The number of carbonyl (C=O) groups excluding carboxylic acids is 1. The molecule has 0 radical (unpaired) electrons. The number of H-pyrrole nitrogens is 1. The van der Waals surface area contributed by atoms with Gasteiger partial charge in [0.2, 0.25) is 0 Å². The summed E-state index contributed by atoms with van der Waals surface area (Å²) in [4.78, 5) is 27.2. The molecule has 0 atom stereocenters. The number of piperidine rings is 1. The third-order valence-corrected chi connectivity index (χ3v) is 6.65. The molecule has 0 saturated carbocycles. The lowest BCUT2D eigenvalue weighted by Crippen LogP contribution is -2.35. The highest BCUT2D eigenvalue weighted by Gasteiger charge is 2.19. The van der Waals surface area contributed by atoms with E-state index in [0.717, 1.165) is 48.9 Å². The fourth-order valence-corrected chi connectivity index (χ4v) is 4.68. The van der Waals surface area contributed by atoms with Gasteiger partial charge in [-0.1, -0.05) is 29.8 Å². The van der Waals surface area contributed by atoms with Gasteiger partial charge in [-0.15, -0.1) is 0 Å². The molecule has 1 amide bonds. The maximum Gasteiger partial charge on any atom is 0.251 e. The summed E-state index contributed by atoms with van der Waals surface area (Å²) in [7, 11) is 0. The molecule has 0 unspecified atom stereocenters. The van der Waals surface area contributed by atoms with Crippen LogP contribution in [0.15, 0.2) is 67.0 Å². The number of nitrogens with zero attached hydrogens (tertiary/aromatic N) is 3. The Morgan fingerprint density at radius 1 is 1.09 bits per heavy atom. The largest absolute Gasteiger partial charge is 0.371 e. The highest BCUT2D eigenvalue weighted by molar-refractivity contribution is 6.35. The minimum atomic E-state index is -0.0554. The summed E-state index contributed by atoms with van der Waals surface area (Å²) < 4.78 is 0. The number of hydrogen-bond acceptors (Lipinski definition) is 4. The lowest BCUT2D eigenvalue weighted by atomic mass is 9.93. The molecule has 33 heavy (non-hydrogen) atoms. The molecule has 1 fully saturated rings. The first-order valence-electron chi connectivity index (χ1n) is 11.4. The first kappa shape index (κ1) is 21.5. The van der Waals surface area contributed by atoms with Gasteiger partial charge in [0.15, 0.2) is 0 Å². The molecule has 0 aliphatic carbocycles. The van der Waals surface area contributed by atoms with E-state index in [1.54, 1.807) is 0 Å². The number of anilines is 1. The molecule has 5 rings (SSSR count). The minimum Gasteiger partial charge on any atom is -0.371 e.